The fraction of sp³-hybridized carbons (Fsp3) is 0.500. The lowest BCUT2D eigenvalue weighted by Crippen LogP contribution is -2.41. The molecule has 1 aromatic heterocycles. The lowest BCUT2D eigenvalue weighted by molar-refractivity contribution is 0.0729. The Morgan fingerprint density at radius 3 is 1.95 bits per heavy atom. The molecule has 11 nitrogen and oxygen atoms in total. The van der Waals surface area contributed by atoms with Crippen molar-refractivity contribution < 1.29 is 31.0 Å². The van der Waals surface area contributed by atoms with Gasteiger partial charge in [0.2, 0.25) is 20.0 Å². The minimum atomic E-state index is -4.00. The number of H-pyrrole nitrogens is 1. The summed E-state index contributed by atoms with van der Waals surface area (Å²) in [4.78, 5) is 7.84. The van der Waals surface area contributed by atoms with Gasteiger partial charge in [-0.05, 0) is 38.8 Å². The van der Waals surface area contributed by atoms with E-state index < -0.39 is 20.0 Å². The van der Waals surface area contributed by atoms with Crippen LogP contribution in [0.5, 0.6) is 11.5 Å². The molecule has 1 N–H and O–H groups in total. The van der Waals surface area contributed by atoms with Crippen molar-refractivity contribution >= 4 is 31.1 Å². The first-order chi connectivity index (χ1) is 18.8. The summed E-state index contributed by atoms with van der Waals surface area (Å²) in [6.07, 6.45) is 1.20. The minimum absolute atomic E-state index is 0.00723. The number of hydrogen-bond acceptors (Lipinski definition) is 8. The number of aromatic amines is 1. The van der Waals surface area contributed by atoms with Gasteiger partial charge < -0.3 is 19.2 Å². The van der Waals surface area contributed by atoms with Gasteiger partial charge in [-0.15, -0.1) is 0 Å². The molecule has 2 fully saturated rings. The fourth-order valence-electron chi connectivity index (χ4n) is 5.06. The molecule has 2 aliphatic rings. The highest BCUT2D eigenvalue weighted by atomic mass is 32.2. The number of piperidine rings is 1. The Kier molecular flexibility index (Phi) is 8.15. The number of sulfonamides is 2. The van der Waals surface area contributed by atoms with Gasteiger partial charge in [0.05, 0.1) is 37.5 Å². The highest BCUT2D eigenvalue weighted by Crippen LogP contribution is 2.39. The molecule has 0 bridgehead atoms. The van der Waals surface area contributed by atoms with E-state index in [0.717, 1.165) is 16.9 Å². The standard InChI is InChI=1S/C26H34N4O7S2/c1-3-36-22-18-25(39(33,34)30-13-15-35-16-14-30)23(37-4-2)17-24(22)38(31,32)29-11-9-19(10-12-29)26-27-20-7-5-6-8-21(20)28-26/h5-8,17-19H,3-4,9-16H2,1-2H3,(H,27,28). The lowest BCUT2D eigenvalue weighted by atomic mass is 9.97. The molecule has 3 heterocycles. The van der Waals surface area contributed by atoms with E-state index in [9.17, 15) is 16.8 Å². The Hall–Kier alpha value is -2.71. The zero-order valence-corrected chi connectivity index (χ0v) is 23.8. The number of ether oxygens (including phenoxy) is 3. The van der Waals surface area contributed by atoms with Crippen LogP contribution < -0.4 is 9.47 Å². The number of para-hydroxylation sites is 2. The highest BCUT2D eigenvalue weighted by Gasteiger charge is 2.36. The second kappa shape index (κ2) is 11.4. The first-order valence-corrected chi connectivity index (χ1v) is 16.1. The maximum atomic E-state index is 13.9. The van der Waals surface area contributed by atoms with E-state index in [4.69, 9.17) is 19.2 Å². The van der Waals surface area contributed by atoms with Gasteiger partial charge in [-0.1, -0.05) is 12.1 Å². The van der Waals surface area contributed by atoms with E-state index in [1.165, 1.54) is 20.7 Å². The zero-order chi connectivity index (χ0) is 27.6. The maximum Gasteiger partial charge on any atom is 0.247 e. The molecule has 0 amide bonds. The number of hydrogen-bond donors (Lipinski definition) is 1. The number of nitrogens with one attached hydrogen (secondary N) is 1. The summed E-state index contributed by atoms with van der Waals surface area (Å²) >= 11 is 0. The number of benzene rings is 2. The van der Waals surface area contributed by atoms with E-state index in [1.807, 2.05) is 24.3 Å². The molecule has 39 heavy (non-hydrogen) atoms. The number of morpholine rings is 1. The molecule has 5 rings (SSSR count). The first kappa shape index (κ1) is 27.8. The topological polar surface area (TPSA) is 131 Å². The quantitative estimate of drug-likeness (QED) is 0.410. The van der Waals surface area contributed by atoms with E-state index >= 15 is 0 Å². The average Bonchev–Trinajstić information content (AvgIpc) is 3.39. The van der Waals surface area contributed by atoms with Crippen molar-refractivity contribution in [2.45, 2.75) is 42.4 Å². The van der Waals surface area contributed by atoms with Crippen LogP contribution >= 0.6 is 0 Å². The molecule has 0 radical (unpaired) electrons. The second-order valence-electron chi connectivity index (χ2n) is 9.45. The molecule has 212 valence electrons. The summed E-state index contributed by atoms with van der Waals surface area (Å²) in [7, 11) is -7.97. The van der Waals surface area contributed by atoms with Crippen molar-refractivity contribution in [1.29, 1.82) is 0 Å². The monoisotopic (exact) mass is 578 g/mol. The molecule has 2 aliphatic heterocycles. The molecule has 0 atom stereocenters. The normalized spacial score (nSPS) is 18.4. The van der Waals surface area contributed by atoms with Crippen LogP contribution in [0.3, 0.4) is 0 Å². The third-order valence-corrected chi connectivity index (χ3v) is 10.9. The summed E-state index contributed by atoms with van der Waals surface area (Å²) in [5, 5.41) is 0. The molecule has 0 aliphatic carbocycles. The van der Waals surface area contributed by atoms with Crippen LogP contribution in [0.25, 0.3) is 11.0 Å². The molecular weight excluding hydrogens is 544 g/mol. The number of rotatable bonds is 9. The summed E-state index contributed by atoms with van der Waals surface area (Å²) in [5.74, 6) is 0.949. The Morgan fingerprint density at radius 2 is 1.41 bits per heavy atom. The number of fused-ring (bicyclic) bond motifs is 1. The van der Waals surface area contributed by atoms with Crippen molar-refractivity contribution in [3.8, 4) is 11.5 Å². The van der Waals surface area contributed by atoms with E-state index in [-0.39, 0.29) is 66.7 Å². The maximum absolute atomic E-state index is 13.9. The Bertz CT molecular complexity index is 1490. The summed E-state index contributed by atoms with van der Waals surface area (Å²) in [6, 6.07) is 10.4. The van der Waals surface area contributed by atoms with Crippen molar-refractivity contribution in [3.63, 3.8) is 0 Å². The zero-order valence-electron chi connectivity index (χ0n) is 22.1. The average molecular weight is 579 g/mol. The van der Waals surface area contributed by atoms with Gasteiger partial charge in [-0.3, -0.25) is 0 Å². The highest BCUT2D eigenvalue weighted by molar-refractivity contribution is 7.89. The predicted molar refractivity (Wildman–Crippen MR) is 145 cm³/mol. The number of aromatic nitrogens is 2. The smallest absolute Gasteiger partial charge is 0.247 e. The second-order valence-corrected chi connectivity index (χ2v) is 13.3. The van der Waals surface area contributed by atoms with Crippen LogP contribution in [0.4, 0.5) is 0 Å². The minimum Gasteiger partial charge on any atom is -0.492 e. The molecule has 2 aromatic carbocycles. The summed E-state index contributed by atoms with van der Waals surface area (Å²) < 4.78 is 74.2. The predicted octanol–water partition coefficient (Wildman–Crippen LogP) is 2.95. The van der Waals surface area contributed by atoms with Crippen LogP contribution in [-0.2, 0) is 24.8 Å². The van der Waals surface area contributed by atoms with E-state index in [1.54, 1.807) is 13.8 Å². The van der Waals surface area contributed by atoms with Crippen molar-refractivity contribution in [2.75, 3.05) is 52.6 Å². The van der Waals surface area contributed by atoms with Gasteiger partial charge in [0.25, 0.3) is 0 Å². The molecule has 3 aromatic rings. The summed E-state index contributed by atoms with van der Waals surface area (Å²) in [6.45, 7) is 5.37. The van der Waals surface area contributed by atoms with Gasteiger partial charge in [-0.2, -0.15) is 8.61 Å². The van der Waals surface area contributed by atoms with Crippen molar-refractivity contribution in [2.24, 2.45) is 0 Å². The largest absolute Gasteiger partial charge is 0.492 e. The van der Waals surface area contributed by atoms with Crippen LogP contribution in [0.2, 0.25) is 0 Å². The first-order valence-electron chi connectivity index (χ1n) is 13.2. The van der Waals surface area contributed by atoms with Crippen LogP contribution in [0.1, 0.15) is 38.4 Å². The Labute approximate surface area is 229 Å². The molecule has 0 saturated carbocycles. The molecule has 0 spiro atoms. The van der Waals surface area contributed by atoms with Crippen LogP contribution in [-0.4, -0.2) is 88.0 Å². The van der Waals surface area contributed by atoms with Gasteiger partial charge in [0.1, 0.15) is 27.1 Å². The van der Waals surface area contributed by atoms with Gasteiger partial charge in [-0.25, -0.2) is 21.8 Å². The fourth-order valence-corrected chi connectivity index (χ4v) is 8.20. The van der Waals surface area contributed by atoms with Crippen LogP contribution in [0.15, 0.2) is 46.2 Å². The molecular formula is C26H34N4O7S2. The Morgan fingerprint density at radius 1 is 0.872 bits per heavy atom. The van der Waals surface area contributed by atoms with E-state index in [0.29, 0.717) is 25.9 Å². The van der Waals surface area contributed by atoms with Gasteiger partial charge in [0.15, 0.2) is 0 Å². The number of nitrogens with zero attached hydrogens (tertiary/aromatic N) is 3. The van der Waals surface area contributed by atoms with E-state index in [2.05, 4.69) is 4.98 Å². The van der Waals surface area contributed by atoms with Gasteiger partial charge in [0, 0.05) is 44.2 Å². The Balaban J connectivity index is 1.44. The molecule has 2 saturated heterocycles. The van der Waals surface area contributed by atoms with Gasteiger partial charge >= 0.3 is 0 Å². The SMILES string of the molecule is CCOc1cc(S(=O)(=O)N2CCC(c3nc4ccccc4[nH]3)CC2)c(OCC)cc1S(=O)(=O)N1CCOCC1. The summed E-state index contributed by atoms with van der Waals surface area (Å²) in [5.41, 5.74) is 1.85. The van der Waals surface area contributed by atoms with Crippen LogP contribution in [0, 0.1) is 0 Å². The third kappa shape index (κ3) is 5.50. The van der Waals surface area contributed by atoms with Crippen molar-refractivity contribution in [3.05, 3.63) is 42.2 Å². The van der Waals surface area contributed by atoms with Crippen molar-refractivity contribution in [1.82, 2.24) is 18.6 Å². The molecule has 13 heteroatoms. The molecule has 0 unspecified atom stereocenters. The lowest BCUT2D eigenvalue weighted by Gasteiger charge is -2.31. The number of imidazole rings is 1. The third-order valence-electron chi connectivity index (χ3n) is 7.06.